The number of benzene rings is 1. The molecule has 0 atom stereocenters. The number of halogens is 1. The third-order valence-electron chi connectivity index (χ3n) is 4.25. The summed E-state index contributed by atoms with van der Waals surface area (Å²) in [6, 6.07) is 4.62. The lowest BCUT2D eigenvalue weighted by atomic mass is 10.0. The van der Waals surface area contributed by atoms with Crippen molar-refractivity contribution in [2.75, 3.05) is 32.9 Å². The van der Waals surface area contributed by atoms with Gasteiger partial charge in [0.05, 0.1) is 19.6 Å². The predicted molar refractivity (Wildman–Crippen MR) is 91.9 cm³/mol. The van der Waals surface area contributed by atoms with Crippen molar-refractivity contribution in [3.05, 3.63) is 29.6 Å². The minimum absolute atomic E-state index is 0.169. The first kappa shape index (κ1) is 18.7. The zero-order chi connectivity index (χ0) is 17.4. The van der Waals surface area contributed by atoms with Crippen molar-refractivity contribution in [3.8, 4) is 5.75 Å². The molecule has 1 aliphatic heterocycles. The Kier molecular flexibility index (Phi) is 7.50. The highest BCUT2D eigenvalue weighted by Gasteiger charge is 2.15. The lowest BCUT2D eigenvalue weighted by Crippen LogP contribution is -2.36. The van der Waals surface area contributed by atoms with Gasteiger partial charge in [0.25, 0.3) is 0 Å². The molecule has 2 rings (SSSR count). The van der Waals surface area contributed by atoms with Gasteiger partial charge in [-0.05, 0) is 36.8 Å². The minimum Gasteiger partial charge on any atom is -0.491 e. The summed E-state index contributed by atoms with van der Waals surface area (Å²) in [6.45, 7) is 6.98. The molecule has 0 saturated carbocycles. The van der Waals surface area contributed by atoms with Crippen molar-refractivity contribution in [3.63, 3.8) is 0 Å². The fraction of sp³-hybridized carbons (Fsp3) is 0.632. The van der Waals surface area contributed by atoms with Gasteiger partial charge in [0.15, 0.2) is 0 Å². The van der Waals surface area contributed by atoms with Crippen LogP contribution in [0.15, 0.2) is 18.2 Å². The van der Waals surface area contributed by atoms with E-state index in [1.54, 1.807) is 6.07 Å². The summed E-state index contributed by atoms with van der Waals surface area (Å²) >= 11 is 0. The number of piperidine rings is 1. The number of likely N-dealkylation sites (tertiary alicyclic amines) is 1. The molecule has 24 heavy (non-hydrogen) atoms. The molecule has 1 aromatic rings. The Morgan fingerprint density at radius 3 is 2.62 bits per heavy atom. The first-order valence-corrected chi connectivity index (χ1v) is 8.85. The van der Waals surface area contributed by atoms with Crippen LogP contribution in [0.5, 0.6) is 5.75 Å². The Morgan fingerprint density at radius 1 is 1.17 bits per heavy atom. The van der Waals surface area contributed by atoms with Crippen LogP contribution >= 0.6 is 0 Å². The molecule has 134 valence electrons. The van der Waals surface area contributed by atoms with Crippen LogP contribution in [0, 0.1) is 5.82 Å². The molecule has 0 bridgehead atoms. The van der Waals surface area contributed by atoms with Gasteiger partial charge in [-0.25, -0.2) is 4.39 Å². The first-order chi connectivity index (χ1) is 11.6. The maximum atomic E-state index is 13.4. The molecule has 1 aliphatic rings. The van der Waals surface area contributed by atoms with E-state index in [1.807, 2.05) is 18.7 Å². The van der Waals surface area contributed by atoms with Crippen molar-refractivity contribution in [2.24, 2.45) is 0 Å². The SMILES string of the molecule is CC(C)c1ccc(F)cc1OCCOCCC(=O)N1CCCCC1. The monoisotopic (exact) mass is 337 g/mol. The van der Waals surface area contributed by atoms with Gasteiger partial charge in [0.2, 0.25) is 5.91 Å². The molecular formula is C19H28FNO3. The largest absolute Gasteiger partial charge is 0.491 e. The molecule has 0 radical (unpaired) electrons. The molecule has 0 N–H and O–H groups in total. The number of ether oxygens (including phenoxy) is 2. The number of rotatable bonds is 8. The maximum absolute atomic E-state index is 13.4. The molecule has 1 saturated heterocycles. The molecule has 4 nitrogen and oxygen atoms in total. The van der Waals surface area contributed by atoms with Crippen LogP contribution in [0.25, 0.3) is 0 Å². The molecule has 1 fully saturated rings. The Morgan fingerprint density at radius 2 is 1.92 bits per heavy atom. The second-order valence-corrected chi connectivity index (χ2v) is 6.49. The number of nitrogens with zero attached hydrogens (tertiary/aromatic N) is 1. The van der Waals surface area contributed by atoms with Crippen LogP contribution in [-0.4, -0.2) is 43.7 Å². The molecule has 0 spiro atoms. The summed E-state index contributed by atoms with van der Waals surface area (Å²) in [5.41, 5.74) is 0.983. The van der Waals surface area contributed by atoms with Gasteiger partial charge in [-0.3, -0.25) is 4.79 Å². The fourth-order valence-corrected chi connectivity index (χ4v) is 2.88. The average molecular weight is 337 g/mol. The highest BCUT2D eigenvalue weighted by atomic mass is 19.1. The van der Waals surface area contributed by atoms with E-state index in [4.69, 9.17) is 9.47 Å². The Labute approximate surface area is 143 Å². The molecule has 0 aromatic heterocycles. The summed E-state index contributed by atoms with van der Waals surface area (Å²) in [5, 5.41) is 0. The fourth-order valence-electron chi connectivity index (χ4n) is 2.88. The maximum Gasteiger partial charge on any atom is 0.224 e. The smallest absolute Gasteiger partial charge is 0.224 e. The minimum atomic E-state index is -0.303. The molecule has 0 aliphatic carbocycles. The Hall–Kier alpha value is -1.62. The second kappa shape index (κ2) is 9.62. The van der Waals surface area contributed by atoms with Crippen molar-refractivity contribution in [1.82, 2.24) is 4.90 Å². The van der Waals surface area contributed by atoms with E-state index >= 15 is 0 Å². The van der Waals surface area contributed by atoms with Gasteiger partial charge in [-0.15, -0.1) is 0 Å². The standard InChI is InChI=1S/C19H28FNO3/c1-15(2)17-7-6-16(20)14-18(17)24-13-12-23-11-8-19(22)21-9-4-3-5-10-21/h6-7,14-15H,3-5,8-13H2,1-2H3. The second-order valence-electron chi connectivity index (χ2n) is 6.49. The van der Waals surface area contributed by atoms with Crippen molar-refractivity contribution >= 4 is 5.91 Å². The van der Waals surface area contributed by atoms with Crippen molar-refractivity contribution < 1.29 is 18.7 Å². The lowest BCUT2D eigenvalue weighted by molar-refractivity contribution is -0.133. The number of hydrogen-bond donors (Lipinski definition) is 0. The van der Waals surface area contributed by atoms with Crippen molar-refractivity contribution in [2.45, 2.75) is 45.4 Å². The summed E-state index contributed by atoms with van der Waals surface area (Å²) in [6.07, 6.45) is 3.84. The zero-order valence-electron chi connectivity index (χ0n) is 14.7. The average Bonchev–Trinajstić information content (AvgIpc) is 2.58. The van der Waals surface area contributed by atoms with E-state index in [1.165, 1.54) is 18.6 Å². The summed E-state index contributed by atoms with van der Waals surface area (Å²) in [7, 11) is 0. The van der Waals surface area contributed by atoms with Gasteiger partial charge >= 0.3 is 0 Å². The molecular weight excluding hydrogens is 309 g/mol. The highest BCUT2D eigenvalue weighted by molar-refractivity contribution is 5.76. The first-order valence-electron chi connectivity index (χ1n) is 8.85. The zero-order valence-corrected chi connectivity index (χ0v) is 14.7. The topological polar surface area (TPSA) is 38.8 Å². The third kappa shape index (κ3) is 5.78. The number of carbonyl (C=O) groups is 1. The summed E-state index contributed by atoms with van der Waals surface area (Å²) in [4.78, 5) is 13.9. The van der Waals surface area contributed by atoms with E-state index < -0.39 is 0 Å². The van der Waals surface area contributed by atoms with Gasteiger partial charge in [-0.2, -0.15) is 0 Å². The third-order valence-corrected chi connectivity index (χ3v) is 4.25. The lowest BCUT2D eigenvalue weighted by Gasteiger charge is -2.26. The number of carbonyl (C=O) groups excluding carboxylic acids is 1. The van der Waals surface area contributed by atoms with E-state index in [2.05, 4.69) is 0 Å². The van der Waals surface area contributed by atoms with Gasteiger partial charge in [0, 0.05) is 19.2 Å². The van der Waals surface area contributed by atoms with Crippen LogP contribution in [0.3, 0.4) is 0 Å². The number of amides is 1. The van der Waals surface area contributed by atoms with Crippen LogP contribution in [-0.2, 0) is 9.53 Å². The Balaban J connectivity index is 1.64. The quantitative estimate of drug-likeness (QED) is 0.678. The molecule has 5 heteroatoms. The van der Waals surface area contributed by atoms with Crippen LogP contribution in [0.4, 0.5) is 4.39 Å². The molecule has 1 aromatic carbocycles. The normalized spacial score (nSPS) is 14.9. The Bertz CT molecular complexity index is 527. The number of hydrogen-bond acceptors (Lipinski definition) is 3. The van der Waals surface area contributed by atoms with E-state index in [0.29, 0.717) is 32.0 Å². The van der Waals surface area contributed by atoms with E-state index in [0.717, 1.165) is 31.5 Å². The summed E-state index contributed by atoms with van der Waals surface area (Å²) < 4.78 is 24.5. The van der Waals surface area contributed by atoms with Gasteiger partial charge in [-0.1, -0.05) is 19.9 Å². The van der Waals surface area contributed by atoms with Crippen LogP contribution in [0.2, 0.25) is 0 Å². The molecule has 0 unspecified atom stereocenters. The van der Waals surface area contributed by atoms with Crippen molar-refractivity contribution in [1.29, 1.82) is 0 Å². The van der Waals surface area contributed by atoms with Crippen LogP contribution < -0.4 is 4.74 Å². The van der Waals surface area contributed by atoms with E-state index in [9.17, 15) is 9.18 Å². The van der Waals surface area contributed by atoms with Crippen LogP contribution in [0.1, 0.15) is 51.0 Å². The summed E-state index contributed by atoms with van der Waals surface area (Å²) in [5.74, 6) is 0.701. The molecule has 1 heterocycles. The highest BCUT2D eigenvalue weighted by Crippen LogP contribution is 2.27. The molecule has 1 amide bonds. The predicted octanol–water partition coefficient (Wildman–Crippen LogP) is 3.75. The van der Waals surface area contributed by atoms with E-state index in [-0.39, 0.29) is 17.6 Å². The van der Waals surface area contributed by atoms with Gasteiger partial charge < -0.3 is 14.4 Å². The van der Waals surface area contributed by atoms with Gasteiger partial charge in [0.1, 0.15) is 18.2 Å².